The van der Waals surface area contributed by atoms with Crippen LogP contribution in [0.3, 0.4) is 0 Å². The molecular weight excluding hydrogens is 188 g/mol. The van der Waals surface area contributed by atoms with Gasteiger partial charge in [0.1, 0.15) is 0 Å². The van der Waals surface area contributed by atoms with Crippen molar-refractivity contribution < 1.29 is 0 Å². The molecule has 0 spiro atoms. The number of hydrogen-bond donors (Lipinski definition) is 1. The van der Waals surface area contributed by atoms with Gasteiger partial charge in [-0.2, -0.15) is 0 Å². The van der Waals surface area contributed by atoms with E-state index in [2.05, 4.69) is 23.7 Å². The molecule has 1 N–H and O–H groups in total. The number of nitrogens with one attached hydrogen (secondary N) is 1. The number of aromatic nitrogens is 1. The Morgan fingerprint density at radius 3 is 2.87 bits per heavy atom. The van der Waals surface area contributed by atoms with Crippen molar-refractivity contribution in [3.63, 3.8) is 0 Å². The molecule has 1 aromatic heterocycles. The first-order chi connectivity index (χ1) is 7.18. The van der Waals surface area contributed by atoms with Crippen LogP contribution in [0.4, 0.5) is 0 Å². The molecule has 0 amide bonds. The molecule has 0 unspecified atom stereocenters. The van der Waals surface area contributed by atoms with Gasteiger partial charge in [0.25, 0.3) is 0 Å². The lowest BCUT2D eigenvalue weighted by Crippen LogP contribution is -2.30. The highest BCUT2D eigenvalue weighted by Gasteiger charge is 2.27. The molecule has 0 aliphatic carbocycles. The fourth-order valence-electron chi connectivity index (χ4n) is 2.39. The molecule has 1 aromatic rings. The first kappa shape index (κ1) is 10.4. The summed E-state index contributed by atoms with van der Waals surface area (Å²) in [5.41, 5.74) is 1.22. The summed E-state index contributed by atoms with van der Waals surface area (Å²) in [7, 11) is 0. The van der Waals surface area contributed by atoms with E-state index in [1.165, 1.54) is 24.9 Å². The molecule has 1 saturated heterocycles. The number of nitrogens with zero attached hydrogens (tertiary/aromatic N) is 1. The van der Waals surface area contributed by atoms with Crippen LogP contribution in [-0.2, 0) is 0 Å². The average molecular weight is 206 g/mol. The van der Waals surface area contributed by atoms with Crippen LogP contribution in [0.1, 0.15) is 38.3 Å². The number of rotatable bonds is 2. The molecule has 1 atom stereocenters. The van der Waals surface area contributed by atoms with E-state index in [4.69, 9.17) is 0 Å². The fourth-order valence-corrected chi connectivity index (χ4v) is 2.39. The topological polar surface area (TPSA) is 36.1 Å². The maximum absolute atomic E-state index is 11.0. The highest BCUT2D eigenvalue weighted by atomic mass is 16.1. The Kier molecular flexibility index (Phi) is 2.91. The van der Waals surface area contributed by atoms with Crippen molar-refractivity contribution in [3.8, 4) is 0 Å². The molecule has 1 aliphatic rings. The SMILES string of the molecule is CC(C)N1CCC[C@H]1c1ccc(=O)[nH]c1. The molecular formula is C12H18N2O. The Morgan fingerprint density at radius 1 is 1.47 bits per heavy atom. The van der Waals surface area contributed by atoms with E-state index < -0.39 is 0 Å². The largest absolute Gasteiger partial charge is 0.329 e. The zero-order valence-corrected chi connectivity index (χ0v) is 9.36. The van der Waals surface area contributed by atoms with Crippen LogP contribution in [0.2, 0.25) is 0 Å². The lowest BCUT2D eigenvalue weighted by Gasteiger charge is -2.28. The van der Waals surface area contributed by atoms with Gasteiger partial charge in [0.15, 0.2) is 0 Å². The van der Waals surface area contributed by atoms with Gasteiger partial charge in [-0.3, -0.25) is 9.69 Å². The second-order valence-corrected chi connectivity index (χ2v) is 4.48. The lowest BCUT2D eigenvalue weighted by atomic mass is 10.1. The minimum Gasteiger partial charge on any atom is -0.329 e. The zero-order valence-electron chi connectivity index (χ0n) is 9.36. The number of likely N-dealkylation sites (tertiary alicyclic amines) is 1. The van der Waals surface area contributed by atoms with Crippen molar-refractivity contribution in [1.29, 1.82) is 0 Å². The molecule has 1 aliphatic heterocycles. The molecule has 1 fully saturated rings. The van der Waals surface area contributed by atoms with Crippen LogP contribution >= 0.6 is 0 Å². The third-order valence-corrected chi connectivity index (χ3v) is 3.15. The van der Waals surface area contributed by atoms with E-state index in [-0.39, 0.29) is 5.56 Å². The van der Waals surface area contributed by atoms with E-state index in [9.17, 15) is 4.79 Å². The van der Waals surface area contributed by atoms with E-state index in [1.807, 2.05) is 12.3 Å². The minimum atomic E-state index is -0.0205. The van der Waals surface area contributed by atoms with Gasteiger partial charge in [-0.25, -0.2) is 0 Å². The Hall–Kier alpha value is -1.09. The first-order valence-electron chi connectivity index (χ1n) is 5.63. The van der Waals surface area contributed by atoms with Gasteiger partial charge in [0, 0.05) is 24.3 Å². The summed E-state index contributed by atoms with van der Waals surface area (Å²) in [4.78, 5) is 16.2. The summed E-state index contributed by atoms with van der Waals surface area (Å²) < 4.78 is 0. The molecule has 0 radical (unpaired) electrons. The third kappa shape index (κ3) is 2.12. The molecule has 15 heavy (non-hydrogen) atoms. The van der Waals surface area contributed by atoms with Crippen molar-refractivity contribution in [2.45, 2.75) is 38.8 Å². The highest BCUT2D eigenvalue weighted by Crippen LogP contribution is 2.32. The van der Waals surface area contributed by atoms with Crippen molar-refractivity contribution in [3.05, 3.63) is 34.2 Å². The van der Waals surface area contributed by atoms with Gasteiger partial charge in [-0.1, -0.05) is 6.07 Å². The summed E-state index contributed by atoms with van der Waals surface area (Å²) in [6.45, 7) is 5.62. The Bertz CT molecular complexity index is 363. The maximum Gasteiger partial charge on any atom is 0.247 e. The van der Waals surface area contributed by atoms with Crippen LogP contribution < -0.4 is 5.56 Å². The summed E-state index contributed by atoms with van der Waals surface area (Å²) in [6.07, 6.45) is 4.31. The van der Waals surface area contributed by atoms with Gasteiger partial charge in [0.2, 0.25) is 5.56 Å². The Morgan fingerprint density at radius 2 is 2.27 bits per heavy atom. The number of aromatic amines is 1. The first-order valence-corrected chi connectivity index (χ1v) is 5.63. The Balaban J connectivity index is 2.22. The van der Waals surface area contributed by atoms with Crippen LogP contribution in [0, 0.1) is 0 Å². The average Bonchev–Trinajstić information content (AvgIpc) is 2.67. The smallest absolute Gasteiger partial charge is 0.247 e. The van der Waals surface area contributed by atoms with Gasteiger partial charge >= 0.3 is 0 Å². The molecule has 0 bridgehead atoms. The van der Waals surface area contributed by atoms with E-state index in [0.29, 0.717) is 12.1 Å². The molecule has 3 heteroatoms. The van der Waals surface area contributed by atoms with Crippen molar-refractivity contribution >= 4 is 0 Å². The van der Waals surface area contributed by atoms with Crippen molar-refractivity contribution in [2.75, 3.05) is 6.54 Å². The summed E-state index contributed by atoms with van der Waals surface area (Å²) in [6, 6.07) is 4.63. The Labute approximate surface area is 90.1 Å². The number of hydrogen-bond acceptors (Lipinski definition) is 2. The third-order valence-electron chi connectivity index (χ3n) is 3.15. The highest BCUT2D eigenvalue weighted by molar-refractivity contribution is 5.15. The maximum atomic E-state index is 11.0. The summed E-state index contributed by atoms with van der Waals surface area (Å²) in [5.74, 6) is 0. The van der Waals surface area contributed by atoms with E-state index >= 15 is 0 Å². The van der Waals surface area contributed by atoms with E-state index in [0.717, 1.165) is 0 Å². The van der Waals surface area contributed by atoms with Crippen LogP contribution in [0.5, 0.6) is 0 Å². The van der Waals surface area contributed by atoms with E-state index in [1.54, 1.807) is 6.07 Å². The predicted octanol–water partition coefficient (Wildman–Crippen LogP) is 1.92. The van der Waals surface area contributed by atoms with Crippen molar-refractivity contribution in [2.24, 2.45) is 0 Å². The number of pyridine rings is 1. The van der Waals surface area contributed by atoms with Crippen LogP contribution in [0.25, 0.3) is 0 Å². The molecule has 3 nitrogen and oxygen atoms in total. The number of H-pyrrole nitrogens is 1. The van der Waals surface area contributed by atoms with Crippen molar-refractivity contribution in [1.82, 2.24) is 9.88 Å². The van der Waals surface area contributed by atoms with Gasteiger partial charge in [-0.15, -0.1) is 0 Å². The fraction of sp³-hybridized carbons (Fsp3) is 0.583. The zero-order chi connectivity index (χ0) is 10.8. The standard InChI is InChI=1S/C12H18N2O/c1-9(2)14-7-3-4-11(14)10-5-6-12(15)13-8-10/h5-6,8-9,11H,3-4,7H2,1-2H3,(H,13,15)/t11-/m0/s1. The monoisotopic (exact) mass is 206 g/mol. The van der Waals surface area contributed by atoms with Gasteiger partial charge < -0.3 is 4.98 Å². The normalized spacial score (nSPS) is 22.5. The second kappa shape index (κ2) is 4.19. The van der Waals surface area contributed by atoms with Gasteiger partial charge in [0.05, 0.1) is 0 Å². The minimum absolute atomic E-state index is 0.0205. The summed E-state index contributed by atoms with van der Waals surface area (Å²) >= 11 is 0. The molecule has 0 saturated carbocycles. The van der Waals surface area contributed by atoms with Crippen LogP contribution in [-0.4, -0.2) is 22.5 Å². The predicted molar refractivity (Wildman–Crippen MR) is 60.9 cm³/mol. The molecule has 2 heterocycles. The van der Waals surface area contributed by atoms with Gasteiger partial charge in [-0.05, 0) is 38.8 Å². The molecule has 2 rings (SSSR count). The summed E-state index contributed by atoms with van der Waals surface area (Å²) in [5, 5.41) is 0. The quantitative estimate of drug-likeness (QED) is 0.802. The second-order valence-electron chi connectivity index (χ2n) is 4.48. The molecule has 0 aromatic carbocycles. The van der Waals surface area contributed by atoms with Crippen LogP contribution in [0.15, 0.2) is 23.1 Å². The lowest BCUT2D eigenvalue weighted by molar-refractivity contribution is 0.205. The molecule has 82 valence electrons.